The van der Waals surface area contributed by atoms with E-state index in [4.69, 9.17) is 4.74 Å². The van der Waals surface area contributed by atoms with Crippen molar-refractivity contribution in [1.29, 1.82) is 0 Å². The van der Waals surface area contributed by atoms with E-state index >= 15 is 0 Å². The Balaban J connectivity index is 1.25. The molecule has 0 spiro atoms. The zero-order valence-electron chi connectivity index (χ0n) is 15.7. The lowest BCUT2D eigenvalue weighted by Crippen LogP contribution is -2.33. The number of carbonyl (C=O) groups excluding carboxylic acids is 3. The third kappa shape index (κ3) is 4.03. The smallest absolute Gasteiger partial charge is 0.261 e. The SMILES string of the molecule is O=C(CCCN1C(=O)c2ccccc2C1=O)N1CCC(Oc2ncccc2Br)C1. The standard InChI is InChI=1S/C21H20BrN3O4/c22-17-7-3-10-23-19(17)29-14-9-12-24(13-14)18(26)8-4-11-25-20(27)15-5-1-2-6-16(15)21(25)28/h1-3,5-7,10,14H,4,8-9,11-13H2. The molecule has 2 aliphatic rings. The van der Waals surface area contributed by atoms with Gasteiger partial charge in [-0.05, 0) is 46.6 Å². The van der Waals surface area contributed by atoms with Gasteiger partial charge in [0.1, 0.15) is 6.10 Å². The molecule has 0 aliphatic carbocycles. The Hall–Kier alpha value is -2.74. The predicted molar refractivity (Wildman–Crippen MR) is 109 cm³/mol. The van der Waals surface area contributed by atoms with Crippen molar-refractivity contribution in [3.05, 3.63) is 58.2 Å². The summed E-state index contributed by atoms with van der Waals surface area (Å²) >= 11 is 3.41. The highest BCUT2D eigenvalue weighted by molar-refractivity contribution is 9.10. The fraction of sp³-hybridized carbons (Fsp3) is 0.333. The van der Waals surface area contributed by atoms with Crippen molar-refractivity contribution >= 4 is 33.7 Å². The van der Waals surface area contributed by atoms with E-state index in [2.05, 4.69) is 20.9 Å². The van der Waals surface area contributed by atoms with Gasteiger partial charge >= 0.3 is 0 Å². The molecule has 0 saturated carbocycles. The van der Waals surface area contributed by atoms with Gasteiger partial charge in [0.2, 0.25) is 11.8 Å². The van der Waals surface area contributed by atoms with E-state index in [1.165, 1.54) is 4.90 Å². The van der Waals surface area contributed by atoms with E-state index in [1.54, 1.807) is 35.4 Å². The number of pyridine rings is 1. The monoisotopic (exact) mass is 457 g/mol. The predicted octanol–water partition coefficient (Wildman–Crippen LogP) is 2.90. The molecule has 2 aliphatic heterocycles. The van der Waals surface area contributed by atoms with Crippen LogP contribution in [0.4, 0.5) is 0 Å². The fourth-order valence-electron chi connectivity index (χ4n) is 3.66. The third-order valence-electron chi connectivity index (χ3n) is 5.15. The molecule has 8 heteroatoms. The number of nitrogens with zero attached hydrogens (tertiary/aromatic N) is 3. The van der Waals surface area contributed by atoms with Crippen molar-refractivity contribution in [2.24, 2.45) is 0 Å². The summed E-state index contributed by atoms with van der Waals surface area (Å²) in [5, 5.41) is 0. The summed E-state index contributed by atoms with van der Waals surface area (Å²) < 4.78 is 6.67. The van der Waals surface area contributed by atoms with Crippen LogP contribution in [-0.4, -0.2) is 58.2 Å². The molecule has 1 fully saturated rings. The minimum absolute atomic E-state index is 0.00722. The summed E-state index contributed by atoms with van der Waals surface area (Å²) in [6.45, 7) is 1.38. The summed E-state index contributed by atoms with van der Waals surface area (Å²) in [6.07, 6.45) is 3.04. The van der Waals surface area contributed by atoms with Crippen molar-refractivity contribution < 1.29 is 19.1 Å². The van der Waals surface area contributed by atoms with Crippen LogP contribution in [0, 0.1) is 0 Å². The van der Waals surface area contributed by atoms with E-state index in [-0.39, 0.29) is 36.8 Å². The van der Waals surface area contributed by atoms with E-state index in [1.807, 2.05) is 12.1 Å². The third-order valence-corrected chi connectivity index (χ3v) is 5.75. The highest BCUT2D eigenvalue weighted by Gasteiger charge is 2.35. The first-order valence-corrected chi connectivity index (χ1v) is 10.3. The maximum atomic E-state index is 12.5. The Morgan fingerprint density at radius 1 is 1.14 bits per heavy atom. The molecule has 1 unspecified atom stereocenters. The van der Waals surface area contributed by atoms with Crippen LogP contribution in [0.5, 0.6) is 5.88 Å². The molecule has 29 heavy (non-hydrogen) atoms. The lowest BCUT2D eigenvalue weighted by Gasteiger charge is -2.18. The normalized spacial score (nSPS) is 18.3. The highest BCUT2D eigenvalue weighted by Crippen LogP contribution is 2.25. The van der Waals surface area contributed by atoms with Gasteiger partial charge in [0.15, 0.2) is 0 Å². The second kappa shape index (κ2) is 8.32. The second-order valence-corrected chi connectivity index (χ2v) is 7.92. The second-order valence-electron chi connectivity index (χ2n) is 7.07. The number of hydrogen-bond acceptors (Lipinski definition) is 5. The first-order chi connectivity index (χ1) is 14.0. The van der Waals surface area contributed by atoms with Crippen LogP contribution in [0.3, 0.4) is 0 Å². The van der Waals surface area contributed by atoms with E-state index < -0.39 is 0 Å². The van der Waals surface area contributed by atoms with Gasteiger partial charge in [-0.1, -0.05) is 12.1 Å². The van der Waals surface area contributed by atoms with Gasteiger partial charge in [-0.15, -0.1) is 0 Å². The zero-order valence-corrected chi connectivity index (χ0v) is 17.3. The molecular weight excluding hydrogens is 438 g/mol. The molecule has 4 rings (SSSR count). The number of rotatable bonds is 6. The van der Waals surface area contributed by atoms with Crippen molar-refractivity contribution in [3.63, 3.8) is 0 Å². The zero-order chi connectivity index (χ0) is 20.4. The van der Waals surface area contributed by atoms with Crippen molar-refractivity contribution in [2.75, 3.05) is 19.6 Å². The number of likely N-dealkylation sites (tertiary alicyclic amines) is 1. The Morgan fingerprint density at radius 2 is 1.86 bits per heavy atom. The lowest BCUT2D eigenvalue weighted by molar-refractivity contribution is -0.130. The summed E-state index contributed by atoms with van der Waals surface area (Å²) in [4.78, 5) is 44.4. The summed E-state index contributed by atoms with van der Waals surface area (Å²) in [5.41, 5.74) is 0.869. The molecule has 7 nitrogen and oxygen atoms in total. The van der Waals surface area contributed by atoms with E-state index in [0.29, 0.717) is 36.5 Å². The Labute approximate surface area is 176 Å². The molecular formula is C21H20BrN3O4. The topological polar surface area (TPSA) is 79.8 Å². The number of hydrogen-bond donors (Lipinski definition) is 0. The molecule has 0 N–H and O–H groups in total. The lowest BCUT2D eigenvalue weighted by atomic mass is 10.1. The van der Waals surface area contributed by atoms with E-state index in [0.717, 1.165) is 10.9 Å². The van der Waals surface area contributed by atoms with Gasteiger partial charge in [-0.2, -0.15) is 0 Å². The van der Waals surface area contributed by atoms with Crippen LogP contribution in [0.1, 0.15) is 40.0 Å². The van der Waals surface area contributed by atoms with Crippen LogP contribution < -0.4 is 4.74 Å². The van der Waals surface area contributed by atoms with Crippen molar-refractivity contribution in [1.82, 2.24) is 14.8 Å². The molecule has 0 radical (unpaired) electrons. The van der Waals surface area contributed by atoms with Gasteiger partial charge in [-0.25, -0.2) is 4.98 Å². The molecule has 150 valence electrons. The number of fused-ring (bicyclic) bond motifs is 1. The number of ether oxygens (including phenoxy) is 1. The number of halogens is 1. The molecule has 0 bridgehead atoms. The van der Waals surface area contributed by atoms with Crippen LogP contribution in [0.25, 0.3) is 0 Å². The average Bonchev–Trinajstić information content (AvgIpc) is 3.29. The van der Waals surface area contributed by atoms with Crippen LogP contribution in [0.2, 0.25) is 0 Å². The molecule has 1 aromatic heterocycles. The quantitative estimate of drug-likeness (QED) is 0.623. The molecule has 1 saturated heterocycles. The first-order valence-electron chi connectivity index (χ1n) is 9.55. The van der Waals surface area contributed by atoms with Crippen LogP contribution in [-0.2, 0) is 4.79 Å². The molecule has 1 aromatic carbocycles. The van der Waals surface area contributed by atoms with Gasteiger partial charge in [0, 0.05) is 32.1 Å². The number of benzene rings is 1. The minimum Gasteiger partial charge on any atom is -0.472 e. The molecule has 3 amide bonds. The van der Waals surface area contributed by atoms with Gasteiger partial charge in [-0.3, -0.25) is 19.3 Å². The first kappa shape index (κ1) is 19.6. The number of carbonyl (C=O) groups is 3. The number of aromatic nitrogens is 1. The maximum Gasteiger partial charge on any atom is 0.261 e. The number of amides is 3. The highest BCUT2D eigenvalue weighted by atomic mass is 79.9. The number of imide groups is 1. The van der Waals surface area contributed by atoms with Crippen LogP contribution in [0.15, 0.2) is 47.1 Å². The summed E-state index contributed by atoms with van der Waals surface area (Å²) in [5.74, 6) is -0.0348. The van der Waals surface area contributed by atoms with Crippen LogP contribution >= 0.6 is 15.9 Å². The maximum absolute atomic E-state index is 12.5. The minimum atomic E-state index is -0.284. The Bertz CT molecular complexity index is 929. The van der Waals surface area contributed by atoms with Crippen molar-refractivity contribution in [2.45, 2.75) is 25.4 Å². The Morgan fingerprint density at radius 3 is 2.55 bits per heavy atom. The molecule has 1 atom stereocenters. The summed E-state index contributed by atoms with van der Waals surface area (Å²) in [6, 6.07) is 10.5. The van der Waals surface area contributed by atoms with Gasteiger partial charge < -0.3 is 9.64 Å². The van der Waals surface area contributed by atoms with Crippen molar-refractivity contribution in [3.8, 4) is 5.88 Å². The fourth-order valence-corrected chi connectivity index (χ4v) is 4.00. The molecule has 3 heterocycles. The van der Waals surface area contributed by atoms with E-state index in [9.17, 15) is 14.4 Å². The summed E-state index contributed by atoms with van der Waals surface area (Å²) in [7, 11) is 0. The Kier molecular flexibility index (Phi) is 5.62. The largest absolute Gasteiger partial charge is 0.472 e. The molecule has 2 aromatic rings. The average molecular weight is 458 g/mol. The van der Waals surface area contributed by atoms with Gasteiger partial charge in [0.05, 0.1) is 22.1 Å². The van der Waals surface area contributed by atoms with Gasteiger partial charge in [0.25, 0.3) is 11.8 Å².